The molecule has 19 heavy (non-hydrogen) atoms. The molecule has 0 aliphatic rings. The zero-order valence-corrected chi connectivity index (χ0v) is 12.9. The van der Waals surface area contributed by atoms with E-state index in [2.05, 4.69) is 24.1 Å². The highest BCUT2D eigenvalue weighted by molar-refractivity contribution is 7.98. The van der Waals surface area contributed by atoms with Crippen molar-refractivity contribution in [3.8, 4) is 0 Å². The van der Waals surface area contributed by atoms with Crippen LogP contribution in [0.4, 0.5) is 13.2 Å². The first-order valence-corrected chi connectivity index (χ1v) is 8.16. The van der Waals surface area contributed by atoms with Crippen molar-refractivity contribution < 1.29 is 13.2 Å². The van der Waals surface area contributed by atoms with E-state index >= 15 is 0 Å². The van der Waals surface area contributed by atoms with Crippen LogP contribution >= 0.6 is 23.1 Å². The van der Waals surface area contributed by atoms with Crippen LogP contribution in [0.3, 0.4) is 0 Å². The molecule has 1 heterocycles. The zero-order valence-electron chi connectivity index (χ0n) is 11.3. The topological polar surface area (TPSA) is 24.9 Å². The summed E-state index contributed by atoms with van der Waals surface area (Å²) in [5.41, 5.74) is -0.724. The smallest absolute Gasteiger partial charge is 0.312 e. The monoisotopic (exact) mass is 312 g/mol. The molecular formula is C12H19F3N2S2. The molecule has 0 saturated carbocycles. The summed E-state index contributed by atoms with van der Waals surface area (Å²) in [4.78, 5) is 4.05. The highest BCUT2D eigenvalue weighted by atomic mass is 32.2. The minimum atomic E-state index is -4.36. The van der Waals surface area contributed by atoms with Crippen molar-refractivity contribution in [1.29, 1.82) is 0 Å². The van der Waals surface area contributed by atoms with Crippen molar-refractivity contribution in [1.82, 2.24) is 10.3 Å². The summed E-state index contributed by atoms with van der Waals surface area (Å²) in [5, 5.41) is 3.49. The minimum Gasteiger partial charge on any atom is -0.312 e. The Morgan fingerprint density at radius 1 is 1.37 bits per heavy atom. The van der Waals surface area contributed by atoms with E-state index in [1.807, 2.05) is 6.92 Å². The lowest BCUT2D eigenvalue weighted by Gasteiger charge is -2.05. The number of hydrogen-bond acceptors (Lipinski definition) is 4. The highest BCUT2D eigenvalue weighted by Gasteiger charge is 2.37. The van der Waals surface area contributed by atoms with Gasteiger partial charge >= 0.3 is 6.18 Å². The van der Waals surface area contributed by atoms with Crippen LogP contribution in [0.5, 0.6) is 0 Å². The summed E-state index contributed by atoms with van der Waals surface area (Å²) < 4.78 is 38.5. The first-order valence-electron chi connectivity index (χ1n) is 6.18. The van der Waals surface area contributed by atoms with Gasteiger partial charge in [-0.15, -0.1) is 11.3 Å². The summed E-state index contributed by atoms with van der Waals surface area (Å²) in [6, 6.07) is 0. The van der Waals surface area contributed by atoms with Crippen LogP contribution in [0.15, 0.2) is 0 Å². The molecule has 2 nitrogen and oxygen atoms in total. The van der Waals surface area contributed by atoms with Crippen molar-refractivity contribution in [2.24, 2.45) is 5.92 Å². The van der Waals surface area contributed by atoms with Crippen LogP contribution in [0.1, 0.15) is 36.3 Å². The zero-order chi connectivity index (χ0) is 14.5. The number of rotatable bonds is 7. The molecule has 0 unspecified atom stereocenters. The minimum absolute atomic E-state index is 0.234. The van der Waals surface area contributed by atoms with Crippen LogP contribution in [0, 0.1) is 5.92 Å². The van der Waals surface area contributed by atoms with Gasteiger partial charge in [-0.05, 0) is 18.2 Å². The Balaban J connectivity index is 2.75. The molecule has 0 aliphatic carbocycles. The van der Waals surface area contributed by atoms with Crippen molar-refractivity contribution in [3.63, 3.8) is 0 Å². The van der Waals surface area contributed by atoms with Gasteiger partial charge < -0.3 is 5.32 Å². The van der Waals surface area contributed by atoms with Crippen molar-refractivity contribution in [2.75, 3.05) is 12.3 Å². The molecule has 7 heteroatoms. The standard InChI is InChI=1S/C12H19F3N2S2/c1-4-16-5-9-11(12(13,14)15)17-10(19-9)7-18-6-8(2)3/h8,16H,4-7H2,1-3H3. The lowest BCUT2D eigenvalue weighted by atomic mass is 10.3. The van der Waals surface area contributed by atoms with E-state index in [4.69, 9.17) is 0 Å². The second kappa shape index (κ2) is 7.50. The average Bonchev–Trinajstić information content (AvgIpc) is 2.69. The maximum atomic E-state index is 12.8. The lowest BCUT2D eigenvalue weighted by molar-refractivity contribution is -0.141. The quantitative estimate of drug-likeness (QED) is 0.818. The number of thioether (sulfide) groups is 1. The van der Waals surface area contributed by atoms with E-state index in [-0.39, 0.29) is 11.4 Å². The Morgan fingerprint density at radius 3 is 2.58 bits per heavy atom. The van der Waals surface area contributed by atoms with Gasteiger partial charge in [-0.3, -0.25) is 0 Å². The second-order valence-corrected chi connectivity index (χ2v) is 6.76. The van der Waals surface area contributed by atoms with Crippen LogP contribution in [0.2, 0.25) is 0 Å². The van der Waals surface area contributed by atoms with Gasteiger partial charge in [0.05, 0.1) is 4.88 Å². The van der Waals surface area contributed by atoms with E-state index in [0.29, 0.717) is 23.2 Å². The third-order valence-corrected chi connectivity index (χ3v) is 4.84. The van der Waals surface area contributed by atoms with Gasteiger partial charge in [0.2, 0.25) is 0 Å². The molecule has 0 fully saturated rings. The van der Waals surface area contributed by atoms with E-state index in [9.17, 15) is 13.2 Å². The third-order valence-electron chi connectivity index (χ3n) is 2.22. The van der Waals surface area contributed by atoms with Crippen LogP contribution in [0.25, 0.3) is 0 Å². The first-order chi connectivity index (χ1) is 8.84. The number of nitrogens with zero attached hydrogens (tertiary/aromatic N) is 1. The van der Waals surface area contributed by atoms with Crippen molar-refractivity contribution in [2.45, 2.75) is 39.2 Å². The van der Waals surface area contributed by atoms with Gasteiger partial charge in [-0.1, -0.05) is 20.8 Å². The van der Waals surface area contributed by atoms with E-state index in [1.54, 1.807) is 11.8 Å². The van der Waals surface area contributed by atoms with E-state index < -0.39 is 11.9 Å². The Hall–Kier alpha value is -0.270. The molecule has 0 spiro atoms. The lowest BCUT2D eigenvalue weighted by Crippen LogP contribution is -2.15. The van der Waals surface area contributed by atoms with Gasteiger partial charge in [0, 0.05) is 12.3 Å². The number of thiazole rings is 1. The SMILES string of the molecule is CCNCc1sc(CSCC(C)C)nc1C(F)(F)F. The molecule has 1 rings (SSSR count). The van der Waals surface area contributed by atoms with Gasteiger partial charge in [0.15, 0.2) is 5.69 Å². The maximum Gasteiger partial charge on any atom is 0.434 e. The Bertz CT molecular complexity index is 389. The number of aromatic nitrogens is 1. The normalized spacial score (nSPS) is 12.4. The summed E-state index contributed by atoms with van der Waals surface area (Å²) in [7, 11) is 0. The Morgan fingerprint density at radius 2 is 2.05 bits per heavy atom. The third kappa shape index (κ3) is 5.71. The first kappa shape index (κ1) is 16.8. The number of halogens is 3. The van der Waals surface area contributed by atoms with Crippen LogP contribution in [-0.4, -0.2) is 17.3 Å². The molecule has 1 N–H and O–H groups in total. The van der Waals surface area contributed by atoms with Crippen molar-refractivity contribution in [3.05, 3.63) is 15.6 Å². The van der Waals surface area contributed by atoms with Gasteiger partial charge in [-0.25, -0.2) is 4.98 Å². The van der Waals surface area contributed by atoms with E-state index in [1.165, 1.54) is 0 Å². The predicted molar refractivity (Wildman–Crippen MR) is 75.5 cm³/mol. The largest absolute Gasteiger partial charge is 0.434 e. The summed E-state index contributed by atoms with van der Waals surface area (Å²) >= 11 is 2.79. The second-order valence-electron chi connectivity index (χ2n) is 4.57. The van der Waals surface area contributed by atoms with Crippen LogP contribution in [-0.2, 0) is 18.5 Å². The molecular weight excluding hydrogens is 293 g/mol. The molecule has 1 aromatic heterocycles. The number of alkyl halides is 3. The molecule has 0 amide bonds. The number of hydrogen-bond donors (Lipinski definition) is 1. The summed E-state index contributed by atoms with van der Waals surface area (Å²) in [6.45, 7) is 6.93. The van der Waals surface area contributed by atoms with Crippen molar-refractivity contribution >= 4 is 23.1 Å². The summed E-state index contributed by atoms with van der Waals surface area (Å²) in [5.74, 6) is 2.02. The van der Waals surface area contributed by atoms with E-state index in [0.717, 1.165) is 17.1 Å². The maximum absolute atomic E-state index is 12.8. The Kier molecular flexibility index (Phi) is 6.62. The average molecular weight is 312 g/mol. The molecule has 0 bridgehead atoms. The molecule has 110 valence electrons. The van der Waals surface area contributed by atoms with Crippen LogP contribution < -0.4 is 5.32 Å². The molecule has 0 atom stereocenters. The highest BCUT2D eigenvalue weighted by Crippen LogP contribution is 2.35. The van der Waals surface area contributed by atoms with Gasteiger partial charge in [0.25, 0.3) is 0 Å². The molecule has 1 aromatic rings. The fraction of sp³-hybridized carbons (Fsp3) is 0.750. The Labute approximate surface area is 120 Å². The molecule has 0 saturated heterocycles. The molecule has 0 aromatic carbocycles. The summed E-state index contributed by atoms with van der Waals surface area (Å²) in [6.07, 6.45) is -4.36. The van der Waals surface area contributed by atoms with Gasteiger partial charge in [0.1, 0.15) is 5.01 Å². The fourth-order valence-corrected chi connectivity index (χ4v) is 3.59. The molecule has 0 radical (unpaired) electrons. The fourth-order valence-electron chi connectivity index (χ4n) is 1.42. The number of nitrogens with one attached hydrogen (secondary N) is 1. The predicted octanol–water partition coefficient (Wildman–Crippen LogP) is 4.16. The molecule has 0 aliphatic heterocycles. The van der Waals surface area contributed by atoms with Gasteiger partial charge in [-0.2, -0.15) is 24.9 Å².